The van der Waals surface area contributed by atoms with Gasteiger partial charge in [-0.1, -0.05) is 30.0 Å². The number of amides is 1. The third-order valence-electron chi connectivity index (χ3n) is 5.05. The molecule has 2 N–H and O–H groups in total. The third kappa shape index (κ3) is 5.75. The molecule has 0 unspecified atom stereocenters. The van der Waals surface area contributed by atoms with Crippen LogP contribution in [-0.2, 0) is 4.79 Å². The molecule has 0 spiro atoms. The number of thioether (sulfide) groups is 1. The molecule has 0 aliphatic carbocycles. The van der Waals surface area contributed by atoms with Crippen molar-refractivity contribution in [1.29, 1.82) is 0 Å². The smallest absolute Gasteiger partial charge is 0.225 e. The van der Waals surface area contributed by atoms with Crippen molar-refractivity contribution in [3.63, 3.8) is 0 Å². The van der Waals surface area contributed by atoms with E-state index in [1.165, 1.54) is 11.8 Å². The van der Waals surface area contributed by atoms with Gasteiger partial charge in [0.15, 0.2) is 5.16 Å². The van der Waals surface area contributed by atoms with E-state index in [1.807, 2.05) is 78.9 Å². The zero-order valence-corrected chi connectivity index (χ0v) is 19.3. The molecular formula is C26H25N3O3S. The number of rotatable bonds is 9. The standard InChI is InChI=1S/C26H25N3O3S/c1-31-21-12-8-18(9-13-21)24-25(19-10-14-22(32-2)15-11-19)29-26(28-24)33-17-16-23(30)27-20-6-4-3-5-7-20/h3-15H,16-17H2,1-2H3,(H,27,30)(H,28,29). The van der Waals surface area contributed by atoms with Crippen LogP contribution in [0.15, 0.2) is 84.0 Å². The van der Waals surface area contributed by atoms with Crippen LogP contribution in [0.3, 0.4) is 0 Å². The summed E-state index contributed by atoms with van der Waals surface area (Å²) in [5, 5.41) is 3.67. The van der Waals surface area contributed by atoms with Crippen molar-refractivity contribution < 1.29 is 14.3 Å². The molecule has 0 saturated carbocycles. The molecule has 1 heterocycles. The van der Waals surface area contributed by atoms with Gasteiger partial charge in [0.2, 0.25) is 5.91 Å². The minimum absolute atomic E-state index is 0.0222. The molecule has 0 aliphatic heterocycles. The number of imidazole rings is 1. The van der Waals surface area contributed by atoms with Crippen molar-refractivity contribution in [2.75, 3.05) is 25.3 Å². The minimum Gasteiger partial charge on any atom is -0.497 e. The zero-order chi connectivity index (χ0) is 23.0. The maximum Gasteiger partial charge on any atom is 0.225 e. The topological polar surface area (TPSA) is 76.2 Å². The Morgan fingerprint density at radius 1 is 0.879 bits per heavy atom. The molecule has 4 rings (SSSR count). The number of anilines is 1. The predicted molar refractivity (Wildman–Crippen MR) is 133 cm³/mol. The lowest BCUT2D eigenvalue weighted by molar-refractivity contribution is -0.115. The molecule has 0 saturated heterocycles. The van der Waals surface area contributed by atoms with E-state index in [2.05, 4.69) is 10.3 Å². The van der Waals surface area contributed by atoms with Crippen molar-refractivity contribution in [3.05, 3.63) is 78.9 Å². The Hall–Kier alpha value is -3.71. The molecule has 7 heteroatoms. The molecule has 1 amide bonds. The number of benzene rings is 3. The van der Waals surface area contributed by atoms with Crippen molar-refractivity contribution in [3.8, 4) is 34.0 Å². The molecule has 0 aliphatic rings. The summed E-state index contributed by atoms with van der Waals surface area (Å²) in [6.45, 7) is 0. The number of hydrogen-bond acceptors (Lipinski definition) is 5. The normalized spacial score (nSPS) is 10.6. The van der Waals surface area contributed by atoms with Gasteiger partial charge in [-0.15, -0.1) is 0 Å². The Labute approximate surface area is 197 Å². The summed E-state index contributed by atoms with van der Waals surface area (Å²) in [6, 6.07) is 25.1. The number of carbonyl (C=O) groups excluding carboxylic acids is 1. The first-order valence-corrected chi connectivity index (χ1v) is 11.5. The van der Waals surface area contributed by atoms with Crippen LogP contribution in [0, 0.1) is 0 Å². The Kier molecular flexibility index (Phi) is 7.32. The fourth-order valence-electron chi connectivity index (χ4n) is 3.33. The maximum atomic E-state index is 12.3. The Morgan fingerprint density at radius 2 is 1.48 bits per heavy atom. The monoisotopic (exact) mass is 459 g/mol. The lowest BCUT2D eigenvalue weighted by atomic mass is 10.0. The predicted octanol–water partition coefficient (Wildman–Crippen LogP) is 5.88. The summed E-state index contributed by atoms with van der Waals surface area (Å²) in [7, 11) is 3.30. The van der Waals surface area contributed by atoms with Crippen LogP contribution >= 0.6 is 11.8 Å². The Morgan fingerprint density at radius 3 is 2.09 bits per heavy atom. The van der Waals surface area contributed by atoms with E-state index in [0.717, 1.165) is 44.9 Å². The molecule has 6 nitrogen and oxygen atoms in total. The number of para-hydroxylation sites is 1. The molecule has 0 radical (unpaired) electrons. The molecule has 0 fully saturated rings. The van der Waals surface area contributed by atoms with Crippen LogP contribution in [0.2, 0.25) is 0 Å². The highest BCUT2D eigenvalue weighted by Gasteiger charge is 2.15. The largest absolute Gasteiger partial charge is 0.497 e. The summed E-state index contributed by atoms with van der Waals surface area (Å²) in [5.74, 6) is 2.17. The van der Waals surface area contributed by atoms with Crippen LogP contribution < -0.4 is 14.8 Å². The highest BCUT2D eigenvalue weighted by atomic mass is 32.2. The number of H-pyrrole nitrogens is 1. The molecule has 0 bridgehead atoms. The number of carbonyl (C=O) groups is 1. The maximum absolute atomic E-state index is 12.3. The van der Waals surface area contributed by atoms with Crippen LogP contribution in [-0.4, -0.2) is 35.8 Å². The van der Waals surface area contributed by atoms with Gasteiger partial charge >= 0.3 is 0 Å². The van der Waals surface area contributed by atoms with Gasteiger partial charge in [-0.2, -0.15) is 0 Å². The number of methoxy groups -OCH3 is 2. The highest BCUT2D eigenvalue weighted by Crippen LogP contribution is 2.34. The second kappa shape index (κ2) is 10.7. The van der Waals surface area contributed by atoms with Crippen LogP contribution in [0.4, 0.5) is 5.69 Å². The van der Waals surface area contributed by atoms with Gasteiger partial charge in [0.05, 0.1) is 25.6 Å². The third-order valence-corrected chi connectivity index (χ3v) is 5.92. The van der Waals surface area contributed by atoms with Gasteiger partial charge in [-0.3, -0.25) is 4.79 Å². The second-order valence-electron chi connectivity index (χ2n) is 7.24. The van der Waals surface area contributed by atoms with Crippen molar-refractivity contribution in [2.24, 2.45) is 0 Å². The highest BCUT2D eigenvalue weighted by molar-refractivity contribution is 7.99. The molecule has 4 aromatic rings. The number of nitrogens with zero attached hydrogens (tertiary/aromatic N) is 1. The second-order valence-corrected chi connectivity index (χ2v) is 8.32. The summed E-state index contributed by atoms with van der Waals surface area (Å²) in [4.78, 5) is 20.5. The molecule has 3 aromatic carbocycles. The number of ether oxygens (including phenoxy) is 2. The van der Waals surface area contributed by atoms with Crippen molar-refractivity contribution in [1.82, 2.24) is 9.97 Å². The molecule has 168 valence electrons. The van der Waals surface area contributed by atoms with E-state index in [1.54, 1.807) is 14.2 Å². The summed E-state index contributed by atoms with van der Waals surface area (Å²) in [5.41, 5.74) is 4.54. The quantitative estimate of drug-likeness (QED) is 0.306. The van der Waals surface area contributed by atoms with Crippen molar-refractivity contribution in [2.45, 2.75) is 11.6 Å². The number of aromatic amines is 1. The van der Waals surface area contributed by atoms with E-state index in [9.17, 15) is 4.79 Å². The molecule has 1 aromatic heterocycles. The Balaban J connectivity index is 1.51. The lowest BCUT2D eigenvalue weighted by Crippen LogP contribution is -2.11. The average molecular weight is 460 g/mol. The first-order chi connectivity index (χ1) is 16.2. The van der Waals surface area contributed by atoms with Crippen LogP contribution in [0.5, 0.6) is 11.5 Å². The zero-order valence-electron chi connectivity index (χ0n) is 18.5. The van der Waals surface area contributed by atoms with Crippen LogP contribution in [0.1, 0.15) is 6.42 Å². The van der Waals surface area contributed by atoms with Crippen molar-refractivity contribution >= 4 is 23.4 Å². The molecule has 0 atom stereocenters. The van der Waals surface area contributed by atoms with Crippen LogP contribution in [0.25, 0.3) is 22.5 Å². The SMILES string of the molecule is COc1ccc(-c2nc(SCCC(=O)Nc3ccccc3)[nH]c2-c2ccc(OC)cc2)cc1. The number of nitrogens with one attached hydrogen (secondary N) is 2. The number of aromatic nitrogens is 2. The first kappa shape index (κ1) is 22.5. The first-order valence-electron chi connectivity index (χ1n) is 10.5. The van der Waals surface area contributed by atoms with E-state index in [-0.39, 0.29) is 5.91 Å². The van der Waals surface area contributed by atoms with E-state index >= 15 is 0 Å². The molecule has 33 heavy (non-hydrogen) atoms. The Bertz CT molecular complexity index is 1120. The minimum atomic E-state index is -0.0222. The van der Waals surface area contributed by atoms with Gasteiger partial charge in [-0.25, -0.2) is 4.98 Å². The number of hydrogen-bond donors (Lipinski definition) is 2. The van der Waals surface area contributed by atoms with Gasteiger partial charge in [0, 0.05) is 29.0 Å². The summed E-state index contributed by atoms with van der Waals surface area (Å²) < 4.78 is 10.6. The van der Waals surface area contributed by atoms with Gasteiger partial charge in [-0.05, 0) is 60.7 Å². The van der Waals surface area contributed by atoms with E-state index < -0.39 is 0 Å². The van der Waals surface area contributed by atoms with Gasteiger partial charge in [0.1, 0.15) is 11.5 Å². The fraction of sp³-hybridized carbons (Fsp3) is 0.154. The lowest BCUT2D eigenvalue weighted by Gasteiger charge is -2.06. The summed E-state index contributed by atoms with van der Waals surface area (Å²) in [6.07, 6.45) is 0.385. The molecular weight excluding hydrogens is 434 g/mol. The van der Waals surface area contributed by atoms with Gasteiger partial charge < -0.3 is 19.8 Å². The van der Waals surface area contributed by atoms with E-state index in [4.69, 9.17) is 14.5 Å². The fourth-order valence-corrected chi connectivity index (χ4v) is 4.14. The average Bonchev–Trinajstić information content (AvgIpc) is 3.29. The summed E-state index contributed by atoms with van der Waals surface area (Å²) >= 11 is 1.52. The van der Waals surface area contributed by atoms with Gasteiger partial charge in [0.25, 0.3) is 0 Å². The van der Waals surface area contributed by atoms with E-state index in [0.29, 0.717) is 12.2 Å².